The fourth-order valence-corrected chi connectivity index (χ4v) is 1.87. The van der Waals surface area contributed by atoms with Crippen LogP contribution in [0.15, 0.2) is 48.5 Å². The summed E-state index contributed by atoms with van der Waals surface area (Å²) in [5, 5.41) is 1.53. The molecule has 0 heterocycles. The minimum atomic E-state index is 0.676. The molecule has 0 radical (unpaired) electrons. The van der Waals surface area contributed by atoms with Crippen molar-refractivity contribution in [2.24, 2.45) is 0 Å². The third-order valence-corrected chi connectivity index (χ3v) is 2.99. The molecule has 82 valence electrons. The molecule has 2 rings (SSSR count). The van der Waals surface area contributed by atoms with Gasteiger partial charge in [0.25, 0.3) is 0 Å². The minimum Gasteiger partial charge on any atom is -0.457 e. The SMILES string of the molecule is Clc1cccc(Oc2ccc(CBr)cc2)c1. The predicted octanol–water partition coefficient (Wildman–Crippen LogP) is 5.03. The molecule has 0 aliphatic carbocycles. The van der Waals surface area contributed by atoms with Crippen LogP contribution in [-0.4, -0.2) is 0 Å². The summed E-state index contributed by atoms with van der Waals surface area (Å²) in [6.07, 6.45) is 0. The van der Waals surface area contributed by atoms with Crippen molar-refractivity contribution in [2.45, 2.75) is 5.33 Å². The van der Waals surface area contributed by atoms with Gasteiger partial charge in [0.2, 0.25) is 0 Å². The molecule has 3 heteroatoms. The molecule has 0 aliphatic heterocycles. The quantitative estimate of drug-likeness (QED) is 0.722. The Morgan fingerprint density at radius 3 is 2.38 bits per heavy atom. The van der Waals surface area contributed by atoms with Gasteiger partial charge in [-0.2, -0.15) is 0 Å². The first-order chi connectivity index (χ1) is 7.78. The van der Waals surface area contributed by atoms with Gasteiger partial charge in [0, 0.05) is 10.4 Å². The van der Waals surface area contributed by atoms with E-state index < -0.39 is 0 Å². The fourth-order valence-electron chi connectivity index (χ4n) is 1.31. The van der Waals surface area contributed by atoms with Crippen molar-refractivity contribution in [3.8, 4) is 11.5 Å². The van der Waals surface area contributed by atoms with Crippen LogP contribution in [0.1, 0.15) is 5.56 Å². The lowest BCUT2D eigenvalue weighted by Gasteiger charge is -2.06. The molecule has 0 aliphatic rings. The molecule has 0 atom stereocenters. The molecule has 2 aromatic carbocycles. The second-order valence-electron chi connectivity index (χ2n) is 3.34. The second kappa shape index (κ2) is 5.37. The second-order valence-corrected chi connectivity index (χ2v) is 4.33. The number of benzene rings is 2. The summed E-state index contributed by atoms with van der Waals surface area (Å²) in [5.74, 6) is 1.56. The monoisotopic (exact) mass is 296 g/mol. The van der Waals surface area contributed by atoms with E-state index in [-0.39, 0.29) is 0 Å². The zero-order valence-electron chi connectivity index (χ0n) is 8.49. The highest BCUT2D eigenvalue weighted by atomic mass is 79.9. The van der Waals surface area contributed by atoms with Gasteiger partial charge in [-0.15, -0.1) is 0 Å². The molecule has 0 saturated heterocycles. The van der Waals surface area contributed by atoms with E-state index in [2.05, 4.69) is 15.9 Å². The van der Waals surface area contributed by atoms with Crippen molar-refractivity contribution >= 4 is 27.5 Å². The molecule has 0 bridgehead atoms. The number of alkyl halides is 1. The third-order valence-electron chi connectivity index (χ3n) is 2.11. The van der Waals surface area contributed by atoms with Gasteiger partial charge in [-0.25, -0.2) is 0 Å². The van der Waals surface area contributed by atoms with Crippen molar-refractivity contribution in [2.75, 3.05) is 0 Å². The first-order valence-electron chi connectivity index (χ1n) is 4.86. The first-order valence-corrected chi connectivity index (χ1v) is 6.36. The Kier molecular flexibility index (Phi) is 3.86. The van der Waals surface area contributed by atoms with Crippen LogP contribution >= 0.6 is 27.5 Å². The van der Waals surface area contributed by atoms with E-state index in [1.54, 1.807) is 6.07 Å². The lowest BCUT2D eigenvalue weighted by molar-refractivity contribution is 0.482. The van der Waals surface area contributed by atoms with Crippen LogP contribution in [0, 0.1) is 0 Å². The predicted molar refractivity (Wildman–Crippen MR) is 70.6 cm³/mol. The summed E-state index contributed by atoms with van der Waals surface area (Å²) in [5.41, 5.74) is 1.22. The zero-order valence-corrected chi connectivity index (χ0v) is 10.8. The molecule has 2 aromatic rings. The maximum Gasteiger partial charge on any atom is 0.128 e. The Morgan fingerprint density at radius 1 is 1.00 bits per heavy atom. The number of rotatable bonds is 3. The Labute approximate surface area is 108 Å². The molecule has 0 fully saturated rings. The molecular weight excluding hydrogens is 287 g/mol. The van der Waals surface area contributed by atoms with Gasteiger partial charge in [0.1, 0.15) is 11.5 Å². The van der Waals surface area contributed by atoms with Crippen molar-refractivity contribution in [3.63, 3.8) is 0 Å². The zero-order chi connectivity index (χ0) is 11.4. The number of hydrogen-bond acceptors (Lipinski definition) is 1. The lowest BCUT2D eigenvalue weighted by Crippen LogP contribution is -1.84. The number of halogens is 2. The van der Waals surface area contributed by atoms with Crippen LogP contribution in [0.2, 0.25) is 5.02 Å². The summed E-state index contributed by atoms with van der Waals surface area (Å²) in [6, 6.07) is 15.3. The number of hydrogen-bond donors (Lipinski definition) is 0. The maximum atomic E-state index is 5.87. The van der Waals surface area contributed by atoms with Gasteiger partial charge in [0.15, 0.2) is 0 Å². The molecule has 0 spiro atoms. The van der Waals surface area contributed by atoms with Gasteiger partial charge in [0.05, 0.1) is 0 Å². The van der Waals surface area contributed by atoms with Crippen LogP contribution in [0.5, 0.6) is 11.5 Å². The Hall–Kier alpha value is -0.990. The highest BCUT2D eigenvalue weighted by Crippen LogP contribution is 2.24. The van der Waals surface area contributed by atoms with Gasteiger partial charge in [-0.3, -0.25) is 0 Å². The molecule has 0 saturated carbocycles. The average Bonchev–Trinajstić information content (AvgIpc) is 2.30. The van der Waals surface area contributed by atoms with Crippen molar-refractivity contribution < 1.29 is 4.74 Å². The van der Waals surface area contributed by atoms with E-state index in [1.165, 1.54) is 5.56 Å². The Balaban J connectivity index is 2.14. The summed E-state index contributed by atoms with van der Waals surface area (Å²) in [6.45, 7) is 0. The third kappa shape index (κ3) is 3.00. The van der Waals surface area contributed by atoms with E-state index in [0.717, 1.165) is 16.8 Å². The Bertz CT molecular complexity index is 468. The van der Waals surface area contributed by atoms with Crippen molar-refractivity contribution in [1.29, 1.82) is 0 Å². The molecule has 0 unspecified atom stereocenters. The van der Waals surface area contributed by atoms with Gasteiger partial charge in [-0.1, -0.05) is 45.7 Å². The highest BCUT2D eigenvalue weighted by molar-refractivity contribution is 9.08. The number of ether oxygens (including phenoxy) is 1. The largest absolute Gasteiger partial charge is 0.457 e. The fraction of sp³-hybridized carbons (Fsp3) is 0.0769. The molecule has 0 N–H and O–H groups in total. The van der Waals surface area contributed by atoms with E-state index in [4.69, 9.17) is 16.3 Å². The smallest absolute Gasteiger partial charge is 0.128 e. The van der Waals surface area contributed by atoms with Crippen LogP contribution in [0.25, 0.3) is 0 Å². The summed E-state index contributed by atoms with van der Waals surface area (Å²) >= 11 is 9.27. The summed E-state index contributed by atoms with van der Waals surface area (Å²) in [4.78, 5) is 0. The summed E-state index contributed by atoms with van der Waals surface area (Å²) in [7, 11) is 0. The molecular formula is C13H10BrClO. The normalized spacial score (nSPS) is 10.1. The van der Waals surface area contributed by atoms with Gasteiger partial charge >= 0.3 is 0 Å². The topological polar surface area (TPSA) is 9.23 Å². The van der Waals surface area contributed by atoms with Crippen molar-refractivity contribution in [3.05, 3.63) is 59.1 Å². The first kappa shape index (κ1) is 11.5. The van der Waals surface area contributed by atoms with Crippen molar-refractivity contribution in [1.82, 2.24) is 0 Å². The average molecular weight is 298 g/mol. The van der Waals surface area contributed by atoms with Crippen LogP contribution in [0.3, 0.4) is 0 Å². The van der Waals surface area contributed by atoms with Gasteiger partial charge in [-0.05, 0) is 35.9 Å². The van der Waals surface area contributed by atoms with E-state index >= 15 is 0 Å². The lowest BCUT2D eigenvalue weighted by atomic mass is 10.2. The van der Waals surface area contributed by atoms with Crippen LogP contribution in [-0.2, 0) is 5.33 Å². The van der Waals surface area contributed by atoms with E-state index in [0.29, 0.717) is 5.02 Å². The maximum absolute atomic E-state index is 5.87. The molecule has 16 heavy (non-hydrogen) atoms. The minimum absolute atomic E-state index is 0.676. The standard InChI is InChI=1S/C13H10BrClO/c14-9-10-4-6-12(7-5-10)16-13-3-1-2-11(15)8-13/h1-8H,9H2. The summed E-state index contributed by atoms with van der Waals surface area (Å²) < 4.78 is 5.66. The van der Waals surface area contributed by atoms with Crippen LogP contribution in [0.4, 0.5) is 0 Å². The van der Waals surface area contributed by atoms with Crippen LogP contribution < -0.4 is 4.74 Å². The Morgan fingerprint density at radius 2 is 1.75 bits per heavy atom. The van der Waals surface area contributed by atoms with E-state index in [9.17, 15) is 0 Å². The molecule has 0 amide bonds. The molecule has 0 aromatic heterocycles. The van der Waals surface area contributed by atoms with Gasteiger partial charge < -0.3 is 4.74 Å². The highest BCUT2D eigenvalue weighted by Gasteiger charge is 1.98. The van der Waals surface area contributed by atoms with E-state index in [1.807, 2.05) is 42.5 Å². The molecule has 1 nitrogen and oxygen atoms in total.